The maximum Gasteiger partial charge on any atom is 0.0367 e. The van der Waals surface area contributed by atoms with Gasteiger partial charge in [0.05, 0.1) is 0 Å². The van der Waals surface area contributed by atoms with Gasteiger partial charge in [-0.05, 0) is 12.8 Å². The standard InChI is InChI=1S/C6H13N2P/c9-8-4-3-7-5-6(8)1-2-6/h7H,1-5,9H2. The molecule has 0 aromatic rings. The van der Waals surface area contributed by atoms with E-state index in [0.717, 1.165) is 6.54 Å². The molecule has 1 saturated carbocycles. The van der Waals surface area contributed by atoms with Gasteiger partial charge in [-0.25, -0.2) is 0 Å². The molecular formula is C6H13N2P. The molecular weight excluding hydrogens is 131 g/mol. The molecule has 9 heavy (non-hydrogen) atoms. The average Bonchev–Trinajstić information content (AvgIpc) is 2.60. The summed E-state index contributed by atoms with van der Waals surface area (Å²) in [6.45, 7) is 3.56. The molecule has 0 aromatic heterocycles. The summed E-state index contributed by atoms with van der Waals surface area (Å²) in [6, 6.07) is 0. The SMILES string of the molecule is PN1CCNCC12CC2. The van der Waals surface area contributed by atoms with Crippen LogP contribution in [0.25, 0.3) is 0 Å². The van der Waals surface area contributed by atoms with Crippen LogP contribution in [0.5, 0.6) is 0 Å². The smallest absolute Gasteiger partial charge is 0.0367 e. The van der Waals surface area contributed by atoms with Gasteiger partial charge >= 0.3 is 0 Å². The van der Waals surface area contributed by atoms with Crippen molar-refractivity contribution in [2.75, 3.05) is 19.6 Å². The number of nitrogens with one attached hydrogen (secondary N) is 1. The monoisotopic (exact) mass is 144 g/mol. The molecule has 1 heterocycles. The number of piperazine rings is 1. The number of hydrogen-bond donors (Lipinski definition) is 1. The molecule has 0 amide bonds. The highest BCUT2D eigenvalue weighted by Gasteiger charge is 2.47. The maximum atomic E-state index is 3.41. The third kappa shape index (κ3) is 0.899. The Balaban J connectivity index is 2.03. The zero-order valence-electron chi connectivity index (χ0n) is 5.56. The number of rotatable bonds is 0. The lowest BCUT2D eigenvalue weighted by atomic mass is 10.2. The summed E-state index contributed by atoms with van der Waals surface area (Å²) in [6.07, 6.45) is 2.78. The van der Waals surface area contributed by atoms with Gasteiger partial charge in [0.15, 0.2) is 0 Å². The Morgan fingerprint density at radius 3 is 2.67 bits per heavy atom. The predicted molar refractivity (Wildman–Crippen MR) is 41.3 cm³/mol. The topological polar surface area (TPSA) is 15.3 Å². The summed E-state index contributed by atoms with van der Waals surface area (Å²) in [7, 11) is 2.83. The van der Waals surface area contributed by atoms with E-state index in [1.54, 1.807) is 0 Å². The van der Waals surface area contributed by atoms with Gasteiger partial charge in [0, 0.05) is 25.2 Å². The van der Waals surface area contributed by atoms with Crippen molar-refractivity contribution < 1.29 is 0 Å². The van der Waals surface area contributed by atoms with Crippen LogP contribution < -0.4 is 5.32 Å². The first-order valence-corrected chi connectivity index (χ1v) is 4.08. The van der Waals surface area contributed by atoms with Crippen LogP contribution in [0.4, 0.5) is 0 Å². The van der Waals surface area contributed by atoms with Crippen LogP contribution >= 0.6 is 9.39 Å². The molecule has 2 rings (SSSR count). The maximum absolute atomic E-state index is 3.41. The molecule has 52 valence electrons. The van der Waals surface area contributed by atoms with E-state index in [2.05, 4.69) is 19.4 Å². The molecule has 1 unspecified atom stereocenters. The Morgan fingerprint density at radius 2 is 2.22 bits per heavy atom. The summed E-state index contributed by atoms with van der Waals surface area (Å²) >= 11 is 0. The minimum absolute atomic E-state index is 0.572. The minimum atomic E-state index is 0.572. The molecule has 3 heteroatoms. The normalized spacial score (nSPS) is 33.0. The van der Waals surface area contributed by atoms with Crippen molar-refractivity contribution >= 4 is 9.39 Å². The van der Waals surface area contributed by atoms with Gasteiger partial charge in [0.25, 0.3) is 0 Å². The fourth-order valence-electron chi connectivity index (χ4n) is 1.47. The minimum Gasteiger partial charge on any atom is -0.314 e. The van der Waals surface area contributed by atoms with E-state index in [9.17, 15) is 0 Å². The fraction of sp³-hybridized carbons (Fsp3) is 1.00. The van der Waals surface area contributed by atoms with Crippen molar-refractivity contribution in [2.24, 2.45) is 0 Å². The fourth-order valence-corrected chi connectivity index (χ4v) is 1.95. The first kappa shape index (κ1) is 6.09. The van der Waals surface area contributed by atoms with Gasteiger partial charge in [-0.2, -0.15) is 0 Å². The van der Waals surface area contributed by atoms with E-state index in [1.807, 2.05) is 0 Å². The van der Waals surface area contributed by atoms with Crippen LogP contribution in [0.2, 0.25) is 0 Å². The Hall–Kier alpha value is 0.350. The average molecular weight is 144 g/mol. The molecule has 1 aliphatic heterocycles. The lowest BCUT2D eigenvalue weighted by Gasteiger charge is -2.32. The van der Waals surface area contributed by atoms with Crippen molar-refractivity contribution in [3.63, 3.8) is 0 Å². The van der Waals surface area contributed by atoms with Crippen LogP contribution in [-0.4, -0.2) is 29.8 Å². The zero-order valence-corrected chi connectivity index (χ0v) is 6.71. The molecule has 1 aliphatic carbocycles. The molecule has 0 bridgehead atoms. The first-order valence-electron chi connectivity index (χ1n) is 3.57. The largest absolute Gasteiger partial charge is 0.314 e. The molecule has 2 fully saturated rings. The molecule has 0 aromatic carbocycles. The van der Waals surface area contributed by atoms with E-state index in [-0.39, 0.29) is 0 Å². The van der Waals surface area contributed by atoms with Gasteiger partial charge in [0.1, 0.15) is 0 Å². The second-order valence-electron chi connectivity index (χ2n) is 3.09. The van der Waals surface area contributed by atoms with E-state index < -0.39 is 0 Å². The van der Waals surface area contributed by atoms with Crippen LogP contribution in [0.3, 0.4) is 0 Å². The van der Waals surface area contributed by atoms with Gasteiger partial charge in [-0.1, -0.05) is 9.39 Å². The van der Waals surface area contributed by atoms with Crippen molar-refractivity contribution in [1.29, 1.82) is 0 Å². The summed E-state index contributed by atoms with van der Waals surface area (Å²) in [5.41, 5.74) is 0.572. The molecule has 1 spiro atoms. The number of hydrogen-bond acceptors (Lipinski definition) is 2. The van der Waals surface area contributed by atoms with Crippen molar-refractivity contribution in [3.8, 4) is 0 Å². The summed E-state index contributed by atoms with van der Waals surface area (Å²) in [5, 5.41) is 3.41. The Labute approximate surface area is 58.2 Å². The highest BCUT2D eigenvalue weighted by Crippen LogP contribution is 2.43. The van der Waals surface area contributed by atoms with E-state index in [1.165, 1.54) is 25.9 Å². The van der Waals surface area contributed by atoms with Crippen molar-refractivity contribution in [1.82, 2.24) is 9.99 Å². The Bertz CT molecular complexity index is 122. The van der Waals surface area contributed by atoms with Gasteiger partial charge < -0.3 is 5.32 Å². The second-order valence-corrected chi connectivity index (χ2v) is 3.72. The molecule has 2 aliphatic rings. The highest BCUT2D eigenvalue weighted by atomic mass is 31.0. The Morgan fingerprint density at radius 1 is 1.44 bits per heavy atom. The third-order valence-electron chi connectivity index (χ3n) is 2.42. The summed E-state index contributed by atoms with van der Waals surface area (Å²) in [5.74, 6) is 0. The van der Waals surface area contributed by atoms with E-state index in [4.69, 9.17) is 0 Å². The Kier molecular flexibility index (Phi) is 1.29. The molecule has 1 atom stereocenters. The molecule has 0 radical (unpaired) electrons. The zero-order chi connectivity index (χ0) is 6.32. The predicted octanol–water partition coefficient (Wildman–Crippen LogP) is 0.214. The van der Waals surface area contributed by atoms with Crippen molar-refractivity contribution in [3.05, 3.63) is 0 Å². The van der Waals surface area contributed by atoms with Crippen LogP contribution in [0.15, 0.2) is 0 Å². The molecule has 1 saturated heterocycles. The third-order valence-corrected chi connectivity index (χ3v) is 3.23. The summed E-state index contributed by atoms with van der Waals surface area (Å²) in [4.78, 5) is 0. The lowest BCUT2D eigenvalue weighted by Crippen LogP contribution is -2.48. The van der Waals surface area contributed by atoms with E-state index >= 15 is 0 Å². The van der Waals surface area contributed by atoms with Crippen LogP contribution in [-0.2, 0) is 0 Å². The quantitative estimate of drug-likeness (QED) is 0.489. The van der Waals surface area contributed by atoms with Gasteiger partial charge in [-0.15, -0.1) is 0 Å². The highest BCUT2D eigenvalue weighted by molar-refractivity contribution is 7.13. The van der Waals surface area contributed by atoms with E-state index in [0.29, 0.717) is 5.54 Å². The number of nitrogens with zero attached hydrogens (tertiary/aromatic N) is 1. The first-order chi connectivity index (χ1) is 4.33. The van der Waals surface area contributed by atoms with Gasteiger partial charge in [-0.3, -0.25) is 4.67 Å². The van der Waals surface area contributed by atoms with Crippen molar-refractivity contribution in [2.45, 2.75) is 18.4 Å². The van der Waals surface area contributed by atoms with Crippen LogP contribution in [0, 0.1) is 0 Å². The second kappa shape index (κ2) is 1.91. The van der Waals surface area contributed by atoms with Crippen LogP contribution in [0.1, 0.15) is 12.8 Å². The molecule has 1 N–H and O–H groups in total. The lowest BCUT2D eigenvalue weighted by molar-refractivity contribution is 0.270. The molecule has 2 nitrogen and oxygen atoms in total. The summed E-state index contributed by atoms with van der Waals surface area (Å²) < 4.78 is 2.42. The van der Waals surface area contributed by atoms with Gasteiger partial charge in [0.2, 0.25) is 0 Å².